The van der Waals surface area contributed by atoms with Crippen molar-refractivity contribution in [2.75, 3.05) is 11.1 Å². The lowest BCUT2D eigenvalue weighted by Gasteiger charge is -2.08. The normalized spacial score (nSPS) is 11.2. The molecule has 3 rings (SSSR count). The lowest BCUT2D eigenvalue weighted by Crippen LogP contribution is -2.24. The molecule has 6 nitrogen and oxygen atoms in total. The number of nitrogens with one attached hydrogen (secondary N) is 2. The fraction of sp³-hybridized carbons (Fsp3) is 0.158. The maximum atomic E-state index is 12.8. The maximum Gasteiger partial charge on any atom is 0.416 e. The van der Waals surface area contributed by atoms with Gasteiger partial charge in [-0.1, -0.05) is 59.5 Å². The van der Waals surface area contributed by atoms with Crippen molar-refractivity contribution < 1.29 is 22.8 Å². The van der Waals surface area contributed by atoms with E-state index < -0.39 is 17.6 Å². The maximum absolute atomic E-state index is 12.8. The second-order valence-electron chi connectivity index (χ2n) is 5.96. The van der Waals surface area contributed by atoms with Crippen molar-refractivity contribution in [2.45, 2.75) is 17.1 Å². The monoisotopic (exact) mass is 452 g/mol. The van der Waals surface area contributed by atoms with E-state index in [1.807, 2.05) is 30.3 Å². The molecule has 1 heterocycles. The predicted molar refractivity (Wildman–Crippen MR) is 108 cm³/mol. The van der Waals surface area contributed by atoms with Crippen molar-refractivity contribution in [3.63, 3.8) is 0 Å². The Morgan fingerprint density at radius 3 is 2.53 bits per heavy atom. The Labute approximate surface area is 177 Å². The molecular formula is C19H15F3N4O2S2. The zero-order chi connectivity index (χ0) is 21.6. The van der Waals surface area contributed by atoms with Crippen molar-refractivity contribution >= 4 is 40.0 Å². The van der Waals surface area contributed by atoms with Crippen LogP contribution in [0.25, 0.3) is 0 Å². The summed E-state index contributed by atoms with van der Waals surface area (Å²) < 4.78 is 38.8. The van der Waals surface area contributed by atoms with Crippen molar-refractivity contribution in [3.8, 4) is 0 Å². The first kappa shape index (κ1) is 21.8. The molecule has 0 saturated heterocycles. The molecule has 11 heteroatoms. The standard InChI is InChI=1S/C19H15F3N4O2S2/c20-19(21,22)14-8-4-7-13(9-14)16(28)24-17-25-26-18(30-17)29-11-15(27)23-10-12-5-2-1-3-6-12/h1-9H,10-11H2,(H,23,27)(H,24,25,28). The number of carbonyl (C=O) groups excluding carboxylic acids is 2. The molecule has 2 aromatic carbocycles. The van der Waals surface area contributed by atoms with Gasteiger partial charge in [0.15, 0.2) is 4.34 Å². The van der Waals surface area contributed by atoms with Crippen molar-refractivity contribution in [2.24, 2.45) is 0 Å². The molecule has 156 valence electrons. The number of carbonyl (C=O) groups is 2. The van der Waals surface area contributed by atoms with E-state index in [1.54, 1.807) is 0 Å². The number of anilines is 1. The van der Waals surface area contributed by atoms with E-state index in [9.17, 15) is 22.8 Å². The van der Waals surface area contributed by atoms with Gasteiger partial charge < -0.3 is 5.32 Å². The molecular weight excluding hydrogens is 437 g/mol. The van der Waals surface area contributed by atoms with E-state index in [2.05, 4.69) is 20.8 Å². The average Bonchev–Trinajstić information content (AvgIpc) is 3.18. The van der Waals surface area contributed by atoms with Crippen LogP contribution in [-0.4, -0.2) is 27.8 Å². The minimum Gasteiger partial charge on any atom is -0.351 e. The molecule has 0 aliphatic rings. The smallest absolute Gasteiger partial charge is 0.351 e. The summed E-state index contributed by atoms with van der Waals surface area (Å²) in [6.07, 6.45) is -4.54. The number of alkyl halides is 3. The quantitative estimate of drug-likeness (QED) is 0.414. The molecule has 0 radical (unpaired) electrons. The van der Waals surface area contributed by atoms with Crippen LogP contribution in [0, 0.1) is 0 Å². The van der Waals surface area contributed by atoms with Crippen LogP contribution in [0.1, 0.15) is 21.5 Å². The van der Waals surface area contributed by atoms with E-state index >= 15 is 0 Å². The van der Waals surface area contributed by atoms with Gasteiger partial charge in [0.25, 0.3) is 5.91 Å². The largest absolute Gasteiger partial charge is 0.416 e. The average molecular weight is 452 g/mol. The van der Waals surface area contributed by atoms with Crippen LogP contribution in [-0.2, 0) is 17.5 Å². The molecule has 2 amide bonds. The number of amides is 2. The van der Waals surface area contributed by atoms with E-state index in [0.29, 0.717) is 10.9 Å². The van der Waals surface area contributed by atoms with E-state index in [1.165, 1.54) is 6.07 Å². The first-order valence-corrected chi connectivity index (χ1v) is 10.4. The Bertz CT molecular complexity index is 1030. The zero-order valence-corrected chi connectivity index (χ0v) is 16.9. The van der Waals surface area contributed by atoms with Gasteiger partial charge in [-0.15, -0.1) is 10.2 Å². The third-order valence-electron chi connectivity index (χ3n) is 3.74. The number of hydrogen-bond donors (Lipinski definition) is 2. The highest BCUT2D eigenvalue weighted by Crippen LogP contribution is 2.30. The van der Waals surface area contributed by atoms with Gasteiger partial charge in [-0.2, -0.15) is 13.2 Å². The molecule has 0 atom stereocenters. The lowest BCUT2D eigenvalue weighted by atomic mass is 10.1. The van der Waals surface area contributed by atoms with E-state index in [-0.39, 0.29) is 22.4 Å². The third kappa shape index (κ3) is 6.29. The van der Waals surface area contributed by atoms with Gasteiger partial charge in [0.2, 0.25) is 11.0 Å². The van der Waals surface area contributed by atoms with Gasteiger partial charge in [0.1, 0.15) is 0 Å². The Hall–Kier alpha value is -2.92. The summed E-state index contributed by atoms with van der Waals surface area (Å²) in [5, 5.41) is 13.0. The van der Waals surface area contributed by atoms with Crippen LogP contribution < -0.4 is 10.6 Å². The molecule has 0 saturated carbocycles. The highest BCUT2D eigenvalue weighted by atomic mass is 32.2. The number of thioether (sulfide) groups is 1. The second kappa shape index (κ2) is 9.72. The summed E-state index contributed by atoms with van der Waals surface area (Å²) >= 11 is 2.17. The van der Waals surface area contributed by atoms with Crippen molar-refractivity contribution in [1.82, 2.24) is 15.5 Å². The highest BCUT2D eigenvalue weighted by Gasteiger charge is 2.31. The van der Waals surface area contributed by atoms with Crippen LogP contribution >= 0.6 is 23.1 Å². The fourth-order valence-corrected chi connectivity index (χ4v) is 3.88. The van der Waals surface area contributed by atoms with E-state index in [4.69, 9.17) is 0 Å². The molecule has 30 heavy (non-hydrogen) atoms. The first-order chi connectivity index (χ1) is 14.3. The second-order valence-corrected chi connectivity index (χ2v) is 8.16. The lowest BCUT2D eigenvalue weighted by molar-refractivity contribution is -0.137. The predicted octanol–water partition coefficient (Wildman–Crippen LogP) is 4.22. The van der Waals surface area contributed by atoms with Crippen molar-refractivity contribution in [3.05, 3.63) is 71.3 Å². The zero-order valence-electron chi connectivity index (χ0n) is 15.3. The molecule has 0 aliphatic heterocycles. The van der Waals surface area contributed by atoms with Crippen molar-refractivity contribution in [1.29, 1.82) is 0 Å². The summed E-state index contributed by atoms with van der Waals surface area (Å²) in [5.41, 5.74) is -0.0777. The summed E-state index contributed by atoms with van der Waals surface area (Å²) in [6, 6.07) is 13.5. The minimum absolute atomic E-state index is 0.114. The number of rotatable bonds is 7. The Morgan fingerprint density at radius 1 is 1.03 bits per heavy atom. The summed E-state index contributed by atoms with van der Waals surface area (Å²) in [7, 11) is 0. The summed E-state index contributed by atoms with van der Waals surface area (Å²) in [5.74, 6) is -0.800. The Kier molecular flexibility index (Phi) is 7.06. The van der Waals surface area contributed by atoms with E-state index in [0.717, 1.165) is 46.9 Å². The number of hydrogen-bond acceptors (Lipinski definition) is 6. The number of aromatic nitrogens is 2. The van der Waals surface area contributed by atoms with Crippen LogP contribution in [0.4, 0.5) is 18.3 Å². The number of nitrogens with zero attached hydrogens (tertiary/aromatic N) is 2. The van der Waals surface area contributed by atoms with Gasteiger partial charge in [0, 0.05) is 12.1 Å². The molecule has 0 bridgehead atoms. The summed E-state index contributed by atoms with van der Waals surface area (Å²) in [4.78, 5) is 24.1. The van der Waals surface area contributed by atoms with Crippen LogP contribution in [0.15, 0.2) is 58.9 Å². The van der Waals surface area contributed by atoms with Gasteiger partial charge in [-0.3, -0.25) is 14.9 Å². The number of benzene rings is 2. The molecule has 1 aromatic heterocycles. The number of halogens is 3. The minimum atomic E-state index is -4.54. The third-order valence-corrected chi connectivity index (χ3v) is 5.71. The first-order valence-electron chi connectivity index (χ1n) is 8.57. The van der Waals surface area contributed by atoms with Gasteiger partial charge in [-0.25, -0.2) is 0 Å². The SMILES string of the molecule is O=C(CSc1nnc(NC(=O)c2cccc(C(F)(F)F)c2)s1)NCc1ccccc1. The molecule has 0 unspecified atom stereocenters. The van der Waals surface area contributed by atoms with Crippen LogP contribution in [0.2, 0.25) is 0 Å². The fourth-order valence-electron chi connectivity index (χ4n) is 2.30. The molecule has 2 N–H and O–H groups in total. The van der Waals surface area contributed by atoms with Gasteiger partial charge >= 0.3 is 6.18 Å². The van der Waals surface area contributed by atoms with Crippen LogP contribution in [0.5, 0.6) is 0 Å². The highest BCUT2D eigenvalue weighted by molar-refractivity contribution is 8.01. The molecule has 3 aromatic rings. The topological polar surface area (TPSA) is 84.0 Å². The Morgan fingerprint density at radius 2 is 1.80 bits per heavy atom. The van der Waals surface area contributed by atoms with Crippen LogP contribution in [0.3, 0.4) is 0 Å². The van der Waals surface area contributed by atoms with Gasteiger partial charge in [0.05, 0.1) is 11.3 Å². The summed E-state index contributed by atoms with van der Waals surface area (Å²) in [6.45, 7) is 0.411. The molecule has 0 aliphatic carbocycles. The van der Waals surface area contributed by atoms with Gasteiger partial charge in [-0.05, 0) is 23.8 Å². The molecule has 0 spiro atoms. The Balaban J connectivity index is 1.50. The molecule has 0 fully saturated rings.